The number of esters is 1. The Morgan fingerprint density at radius 3 is 2.47 bits per heavy atom. The molecule has 0 amide bonds. The minimum atomic E-state index is -0.351. The Morgan fingerprint density at radius 1 is 1.00 bits per heavy atom. The van der Waals surface area contributed by atoms with E-state index < -0.39 is 0 Å². The average Bonchev–Trinajstić information content (AvgIpc) is 2.83. The van der Waals surface area contributed by atoms with E-state index in [1.165, 1.54) is 13.5 Å². The molecule has 150 valence electrons. The Morgan fingerprint density at radius 2 is 1.77 bits per heavy atom. The molecule has 0 N–H and O–H groups in total. The number of aromatic nitrogens is 2. The molecule has 0 saturated carbocycles. The van der Waals surface area contributed by atoms with Gasteiger partial charge < -0.3 is 9.64 Å². The fourth-order valence-electron chi connectivity index (χ4n) is 3.49. The third-order valence-corrected chi connectivity index (χ3v) is 5.11. The van der Waals surface area contributed by atoms with Gasteiger partial charge in [-0.2, -0.15) is 0 Å². The van der Waals surface area contributed by atoms with Crippen LogP contribution >= 0.6 is 0 Å². The van der Waals surface area contributed by atoms with Crippen molar-refractivity contribution in [3.63, 3.8) is 0 Å². The lowest BCUT2D eigenvalue weighted by molar-refractivity contribution is 0.0600. The van der Waals surface area contributed by atoms with E-state index in [0.717, 1.165) is 54.1 Å². The second-order valence-corrected chi connectivity index (χ2v) is 7.21. The van der Waals surface area contributed by atoms with Crippen molar-refractivity contribution in [3.8, 4) is 23.1 Å². The maximum atomic E-state index is 12.2. The van der Waals surface area contributed by atoms with E-state index in [2.05, 4.69) is 21.7 Å². The molecule has 5 heteroatoms. The summed E-state index contributed by atoms with van der Waals surface area (Å²) in [7, 11) is 1.40. The Hall–Kier alpha value is -3.65. The monoisotopic (exact) mass is 397 g/mol. The number of nitrogens with zero attached hydrogens (tertiary/aromatic N) is 3. The summed E-state index contributed by atoms with van der Waals surface area (Å²) >= 11 is 0. The standard InChI is InChI=1S/C25H23N3O2/c1-30-25(29)22-16-23(27-24(17-22)28-14-3-2-4-15-28)21-11-9-19(10-12-21)7-8-20-6-5-13-26-18-20/h5-6,9-13,16-18H,2-4,14-15H2,1H3. The second kappa shape index (κ2) is 9.23. The molecule has 3 aromatic rings. The lowest BCUT2D eigenvalue weighted by atomic mass is 10.1. The smallest absolute Gasteiger partial charge is 0.338 e. The first-order valence-electron chi connectivity index (χ1n) is 10.1. The van der Waals surface area contributed by atoms with Crippen LogP contribution in [-0.2, 0) is 4.74 Å². The summed E-state index contributed by atoms with van der Waals surface area (Å²) in [5, 5.41) is 0. The maximum absolute atomic E-state index is 12.2. The molecule has 1 aliphatic rings. The van der Waals surface area contributed by atoms with Gasteiger partial charge in [-0.05, 0) is 55.7 Å². The number of hydrogen-bond acceptors (Lipinski definition) is 5. The molecule has 0 atom stereocenters. The lowest BCUT2D eigenvalue weighted by Gasteiger charge is -2.28. The zero-order valence-electron chi connectivity index (χ0n) is 17.0. The summed E-state index contributed by atoms with van der Waals surface area (Å²) in [6.07, 6.45) is 6.99. The molecule has 5 nitrogen and oxygen atoms in total. The summed E-state index contributed by atoms with van der Waals surface area (Å²) in [6, 6.07) is 15.3. The van der Waals surface area contributed by atoms with Crippen LogP contribution in [-0.4, -0.2) is 36.1 Å². The van der Waals surface area contributed by atoms with Crippen molar-refractivity contribution in [3.05, 3.63) is 77.6 Å². The van der Waals surface area contributed by atoms with Crippen molar-refractivity contribution >= 4 is 11.8 Å². The number of piperidine rings is 1. The quantitative estimate of drug-likeness (QED) is 0.487. The number of carbonyl (C=O) groups is 1. The number of pyridine rings is 2. The number of ether oxygens (including phenoxy) is 1. The van der Waals surface area contributed by atoms with Gasteiger partial charge in [-0.1, -0.05) is 24.0 Å². The molecular formula is C25H23N3O2. The highest BCUT2D eigenvalue weighted by Gasteiger charge is 2.17. The largest absolute Gasteiger partial charge is 0.465 e. The summed E-state index contributed by atoms with van der Waals surface area (Å²) in [4.78, 5) is 23.4. The molecule has 0 spiro atoms. The number of rotatable bonds is 3. The second-order valence-electron chi connectivity index (χ2n) is 7.21. The van der Waals surface area contributed by atoms with E-state index >= 15 is 0 Å². The van der Waals surface area contributed by atoms with Crippen LogP contribution in [0.25, 0.3) is 11.3 Å². The SMILES string of the molecule is COC(=O)c1cc(-c2ccc(C#Cc3cccnc3)cc2)nc(N2CCCCC2)c1. The number of hydrogen-bond donors (Lipinski definition) is 0. The van der Waals surface area contributed by atoms with E-state index in [9.17, 15) is 4.79 Å². The fraction of sp³-hybridized carbons (Fsp3) is 0.240. The van der Waals surface area contributed by atoms with E-state index in [-0.39, 0.29) is 5.97 Å². The Labute approximate surface area is 176 Å². The maximum Gasteiger partial charge on any atom is 0.338 e. The summed E-state index contributed by atoms with van der Waals surface area (Å²) in [6.45, 7) is 1.92. The molecule has 0 unspecified atom stereocenters. The predicted molar refractivity (Wildman–Crippen MR) is 117 cm³/mol. The number of carbonyl (C=O) groups excluding carboxylic acids is 1. The molecule has 0 radical (unpaired) electrons. The molecular weight excluding hydrogens is 374 g/mol. The number of methoxy groups -OCH3 is 1. The van der Waals surface area contributed by atoms with Gasteiger partial charge in [-0.15, -0.1) is 0 Å². The van der Waals surface area contributed by atoms with Crippen molar-refractivity contribution in [2.75, 3.05) is 25.1 Å². The van der Waals surface area contributed by atoms with Crippen molar-refractivity contribution in [1.82, 2.24) is 9.97 Å². The Kier molecular flexibility index (Phi) is 6.05. The highest BCUT2D eigenvalue weighted by molar-refractivity contribution is 5.91. The molecule has 30 heavy (non-hydrogen) atoms. The number of benzene rings is 1. The highest BCUT2D eigenvalue weighted by atomic mass is 16.5. The normalized spacial score (nSPS) is 13.3. The first-order valence-corrected chi connectivity index (χ1v) is 10.1. The van der Waals surface area contributed by atoms with Crippen molar-refractivity contribution in [2.45, 2.75) is 19.3 Å². The van der Waals surface area contributed by atoms with Crippen molar-refractivity contribution < 1.29 is 9.53 Å². The average molecular weight is 397 g/mol. The lowest BCUT2D eigenvalue weighted by Crippen LogP contribution is -2.30. The van der Waals surface area contributed by atoms with Gasteiger partial charge >= 0.3 is 5.97 Å². The predicted octanol–water partition coefficient (Wildman–Crippen LogP) is 4.32. The molecule has 1 fully saturated rings. The van der Waals surface area contributed by atoms with Crippen LogP contribution in [0.5, 0.6) is 0 Å². The van der Waals surface area contributed by atoms with Crippen LogP contribution in [0.3, 0.4) is 0 Å². The Balaban J connectivity index is 1.63. The van der Waals surface area contributed by atoms with E-state index in [1.54, 1.807) is 18.5 Å². The molecule has 3 heterocycles. The van der Waals surface area contributed by atoms with Crippen LogP contribution in [0.15, 0.2) is 60.9 Å². The topological polar surface area (TPSA) is 55.3 Å². The van der Waals surface area contributed by atoms with Gasteiger partial charge in [-0.25, -0.2) is 9.78 Å². The number of anilines is 1. The van der Waals surface area contributed by atoms with Crippen LogP contribution in [0.2, 0.25) is 0 Å². The molecule has 1 aliphatic heterocycles. The van der Waals surface area contributed by atoms with Crippen molar-refractivity contribution in [2.24, 2.45) is 0 Å². The zero-order valence-corrected chi connectivity index (χ0v) is 17.0. The van der Waals surface area contributed by atoms with Crippen LogP contribution < -0.4 is 4.90 Å². The van der Waals surface area contributed by atoms with E-state index in [4.69, 9.17) is 9.72 Å². The van der Waals surface area contributed by atoms with E-state index in [1.807, 2.05) is 42.5 Å². The van der Waals surface area contributed by atoms with E-state index in [0.29, 0.717) is 5.56 Å². The minimum Gasteiger partial charge on any atom is -0.465 e. The zero-order chi connectivity index (χ0) is 20.8. The third-order valence-electron chi connectivity index (χ3n) is 5.11. The van der Waals surface area contributed by atoms with Crippen LogP contribution in [0, 0.1) is 11.8 Å². The van der Waals surface area contributed by atoms with Crippen LogP contribution in [0.1, 0.15) is 40.7 Å². The molecule has 1 saturated heterocycles. The van der Waals surface area contributed by atoms with Gasteiger partial charge in [0.05, 0.1) is 18.4 Å². The third kappa shape index (κ3) is 4.66. The molecule has 2 aromatic heterocycles. The minimum absolute atomic E-state index is 0.351. The summed E-state index contributed by atoms with van der Waals surface area (Å²) < 4.78 is 4.95. The van der Waals surface area contributed by atoms with Crippen LogP contribution in [0.4, 0.5) is 5.82 Å². The summed E-state index contributed by atoms with van der Waals surface area (Å²) in [5.41, 5.74) is 3.99. The van der Waals surface area contributed by atoms with Gasteiger partial charge in [0, 0.05) is 42.2 Å². The Bertz CT molecular complexity index is 1080. The van der Waals surface area contributed by atoms with Gasteiger partial charge in [0.25, 0.3) is 0 Å². The molecule has 1 aromatic carbocycles. The molecule has 0 aliphatic carbocycles. The van der Waals surface area contributed by atoms with Gasteiger partial charge in [0.15, 0.2) is 0 Å². The first-order chi connectivity index (χ1) is 14.7. The summed E-state index contributed by atoms with van der Waals surface area (Å²) in [5.74, 6) is 6.73. The van der Waals surface area contributed by atoms with Gasteiger partial charge in [-0.3, -0.25) is 4.98 Å². The van der Waals surface area contributed by atoms with Crippen molar-refractivity contribution in [1.29, 1.82) is 0 Å². The van der Waals surface area contributed by atoms with Gasteiger partial charge in [0.1, 0.15) is 5.82 Å². The fourth-order valence-corrected chi connectivity index (χ4v) is 3.49. The molecule has 4 rings (SSSR count). The molecule has 0 bridgehead atoms. The highest BCUT2D eigenvalue weighted by Crippen LogP contribution is 2.26. The van der Waals surface area contributed by atoms with Gasteiger partial charge in [0.2, 0.25) is 0 Å². The first kappa shape index (κ1) is 19.7.